The van der Waals surface area contributed by atoms with E-state index in [1.165, 1.54) is 0 Å². The van der Waals surface area contributed by atoms with Crippen LogP contribution in [-0.2, 0) is 6.54 Å². The Hall–Kier alpha value is -1.41. The Morgan fingerprint density at radius 3 is 2.62 bits per heavy atom. The fourth-order valence-corrected chi connectivity index (χ4v) is 3.16. The lowest BCUT2D eigenvalue weighted by Crippen LogP contribution is -2.19. The van der Waals surface area contributed by atoms with Gasteiger partial charge in [0.05, 0.1) is 0 Å². The molecule has 0 aliphatic heterocycles. The zero-order valence-electron chi connectivity index (χ0n) is 11.3. The van der Waals surface area contributed by atoms with Crippen molar-refractivity contribution in [2.45, 2.75) is 12.3 Å². The third-order valence-corrected chi connectivity index (χ3v) is 4.62. The van der Waals surface area contributed by atoms with Crippen LogP contribution in [0.1, 0.15) is 16.2 Å². The summed E-state index contributed by atoms with van der Waals surface area (Å²) in [6.07, 6.45) is 5.13. The van der Waals surface area contributed by atoms with Gasteiger partial charge in [0.25, 0.3) is 0 Å². The van der Waals surface area contributed by atoms with Crippen LogP contribution in [0, 0.1) is 12.3 Å². The van der Waals surface area contributed by atoms with Gasteiger partial charge in [-0.05, 0) is 29.1 Å². The first-order valence-electron chi connectivity index (χ1n) is 6.29. The molecule has 1 unspecified atom stereocenters. The summed E-state index contributed by atoms with van der Waals surface area (Å²) in [4.78, 5) is 20.4. The minimum absolute atomic E-state index is 0.214. The monoisotopic (exact) mass is 321 g/mol. The zero-order valence-corrected chi connectivity index (χ0v) is 13.0. The largest absolute Gasteiger partial charge is 0.481 e. The number of hydrogen-bond acceptors (Lipinski definition) is 5. The molecular formula is C15H16NO3PS. The first-order valence-corrected chi connectivity index (χ1v) is 8.49. The van der Waals surface area contributed by atoms with Gasteiger partial charge in [0.1, 0.15) is 18.1 Å². The molecule has 2 rings (SSSR count). The van der Waals surface area contributed by atoms with Gasteiger partial charge in [0.15, 0.2) is 8.38 Å². The molecule has 0 bridgehead atoms. The Balaban J connectivity index is 2.02. The number of terminal acetylenes is 1. The fraction of sp³-hybridized carbons (Fsp3) is 0.200. The fourth-order valence-electron chi connectivity index (χ4n) is 1.81. The molecule has 1 aromatic heterocycles. The predicted molar refractivity (Wildman–Crippen MR) is 86.0 cm³/mol. The summed E-state index contributed by atoms with van der Waals surface area (Å²) in [6.45, 7) is 0.809. The van der Waals surface area contributed by atoms with E-state index in [9.17, 15) is 9.79 Å². The van der Waals surface area contributed by atoms with Gasteiger partial charge in [0, 0.05) is 11.4 Å². The molecule has 0 amide bonds. The van der Waals surface area contributed by atoms with Crippen molar-refractivity contribution < 1.29 is 14.5 Å². The number of hydrogen-bond donors (Lipinski definition) is 3. The van der Waals surface area contributed by atoms with E-state index in [1.54, 1.807) is 35.6 Å². The van der Waals surface area contributed by atoms with Crippen molar-refractivity contribution in [3.63, 3.8) is 0 Å². The SMILES string of the molecule is C#CCOc1ccc(C(NCc2cccs2)P(O)O)cc1. The Bertz CT molecular complexity index is 578. The van der Waals surface area contributed by atoms with Gasteiger partial charge < -0.3 is 14.5 Å². The lowest BCUT2D eigenvalue weighted by atomic mass is 10.2. The molecular weight excluding hydrogens is 305 g/mol. The summed E-state index contributed by atoms with van der Waals surface area (Å²) in [5, 5.41) is 5.16. The summed E-state index contributed by atoms with van der Waals surface area (Å²) in [6, 6.07) is 11.1. The number of thiophene rings is 1. The van der Waals surface area contributed by atoms with E-state index in [0.29, 0.717) is 12.3 Å². The average molecular weight is 321 g/mol. The molecule has 0 aliphatic rings. The van der Waals surface area contributed by atoms with Gasteiger partial charge in [-0.3, -0.25) is 5.32 Å². The third-order valence-electron chi connectivity index (χ3n) is 2.80. The quantitative estimate of drug-likeness (QED) is 0.542. The first kappa shape index (κ1) is 16.0. The molecule has 3 N–H and O–H groups in total. The van der Waals surface area contributed by atoms with E-state index in [0.717, 1.165) is 10.4 Å². The van der Waals surface area contributed by atoms with Crippen LogP contribution in [0.4, 0.5) is 0 Å². The number of benzene rings is 1. The van der Waals surface area contributed by atoms with Crippen molar-refractivity contribution in [2.24, 2.45) is 0 Å². The number of ether oxygens (including phenoxy) is 1. The first-order chi connectivity index (χ1) is 10.2. The third kappa shape index (κ3) is 4.82. The molecule has 1 atom stereocenters. The van der Waals surface area contributed by atoms with Crippen LogP contribution < -0.4 is 10.1 Å². The van der Waals surface area contributed by atoms with Crippen LogP contribution in [0.2, 0.25) is 0 Å². The van der Waals surface area contributed by atoms with Crippen LogP contribution in [0.15, 0.2) is 41.8 Å². The smallest absolute Gasteiger partial charge is 0.188 e. The van der Waals surface area contributed by atoms with Crippen molar-refractivity contribution in [2.75, 3.05) is 6.61 Å². The van der Waals surface area contributed by atoms with Crippen molar-refractivity contribution in [3.8, 4) is 18.1 Å². The highest BCUT2D eigenvalue weighted by molar-refractivity contribution is 7.45. The lowest BCUT2D eigenvalue weighted by molar-refractivity contribution is 0.370. The second-order valence-corrected chi connectivity index (χ2v) is 6.43. The molecule has 110 valence electrons. The lowest BCUT2D eigenvalue weighted by Gasteiger charge is -2.20. The summed E-state index contributed by atoms with van der Waals surface area (Å²) in [7, 11) is -2.12. The molecule has 1 heterocycles. The van der Waals surface area contributed by atoms with Gasteiger partial charge in [-0.1, -0.05) is 24.1 Å². The topological polar surface area (TPSA) is 61.7 Å². The molecule has 0 saturated heterocycles. The van der Waals surface area contributed by atoms with Crippen LogP contribution in [-0.4, -0.2) is 16.4 Å². The maximum absolute atomic E-state index is 9.61. The highest BCUT2D eigenvalue weighted by Gasteiger charge is 2.19. The highest BCUT2D eigenvalue weighted by Crippen LogP contribution is 2.42. The van der Waals surface area contributed by atoms with E-state index < -0.39 is 14.2 Å². The maximum Gasteiger partial charge on any atom is 0.188 e. The van der Waals surface area contributed by atoms with E-state index >= 15 is 0 Å². The molecule has 0 saturated carbocycles. The van der Waals surface area contributed by atoms with E-state index in [1.807, 2.05) is 17.5 Å². The van der Waals surface area contributed by atoms with Crippen molar-refractivity contribution in [3.05, 3.63) is 52.2 Å². The molecule has 0 fully saturated rings. The molecule has 0 spiro atoms. The molecule has 1 aromatic carbocycles. The Morgan fingerprint density at radius 1 is 1.29 bits per heavy atom. The zero-order chi connectivity index (χ0) is 15.1. The predicted octanol–water partition coefficient (Wildman–Crippen LogP) is 2.85. The van der Waals surface area contributed by atoms with Gasteiger partial charge in [0.2, 0.25) is 0 Å². The maximum atomic E-state index is 9.61. The Labute approximate surface area is 129 Å². The van der Waals surface area contributed by atoms with Crippen molar-refractivity contribution in [1.82, 2.24) is 5.32 Å². The van der Waals surface area contributed by atoms with Gasteiger partial charge in [-0.2, -0.15) is 0 Å². The van der Waals surface area contributed by atoms with Crippen molar-refractivity contribution in [1.29, 1.82) is 0 Å². The second kappa shape index (κ2) is 8.14. The van der Waals surface area contributed by atoms with Gasteiger partial charge in [-0.15, -0.1) is 17.8 Å². The Kier molecular flexibility index (Phi) is 6.19. The minimum atomic E-state index is -2.12. The summed E-state index contributed by atoms with van der Waals surface area (Å²) < 4.78 is 5.29. The summed E-state index contributed by atoms with van der Waals surface area (Å²) in [5.41, 5.74) is 0.802. The van der Waals surface area contributed by atoms with Crippen LogP contribution >= 0.6 is 19.7 Å². The average Bonchev–Trinajstić information content (AvgIpc) is 2.99. The molecule has 0 radical (unpaired) electrons. The Morgan fingerprint density at radius 2 is 2.05 bits per heavy atom. The highest BCUT2D eigenvalue weighted by atomic mass is 32.1. The molecule has 0 aliphatic carbocycles. The van der Waals surface area contributed by atoms with Crippen LogP contribution in [0.5, 0.6) is 5.75 Å². The molecule has 4 nitrogen and oxygen atoms in total. The van der Waals surface area contributed by atoms with Crippen LogP contribution in [0.25, 0.3) is 0 Å². The summed E-state index contributed by atoms with van der Waals surface area (Å²) >= 11 is 1.63. The number of nitrogens with one attached hydrogen (secondary N) is 1. The molecule has 21 heavy (non-hydrogen) atoms. The summed E-state index contributed by atoms with van der Waals surface area (Å²) in [5.74, 6) is 2.56. The molecule has 2 aromatic rings. The van der Waals surface area contributed by atoms with E-state index in [-0.39, 0.29) is 6.61 Å². The second-order valence-electron chi connectivity index (χ2n) is 4.25. The van der Waals surface area contributed by atoms with Crippen molar-refractivity contribution >= 4 is 19.7 Å². The van der Waals surface area contributed by atoms with E-state index in [2.05, 4.69) is 11.2 Å². The van der Waals surface area contributed by atoms with Crippen LogP contribution in [0.3, 0.4) is 0 Å². The minimum Gasteiger partial charge on any atom is -0.481 e. The number of rotatable bonds is 7. The van der Waals surface area contributed by atoms with Gasteiger partial charge in [-0.25, -0.2) is 0 Å². The molecule has 6 heteroatoms. The van der Waals surface area contributed by atoms with E-state index in [4.69, 9.17) is 11.2 Å². The van der Waals surface area contributed by atoms with Gasteiger partial charge >= 0.3 is 0 Å². The normalized spacial score (nSPS) is 12.1. The standard InChI is InChI=1S/C15H16NO3PS/c1-2-9-19-13-7-5-12(6-8-13)15(20(17)18)16-11-14-4-3-10-21-14/h1,3-8,10,15-18H,9,11H2.